The lowest BCUT2D eigenvalue weighted by Crippen LogP contribution is -2.37. The third-order valence-corrected chi connectivity index (χ3v) is 3.94. The van der Waals surface area contributed by atoms with Gasteiger partial charge in [-0.3, -0.25) is 0 Å². The maximum atomic E-state index is 5.94. The van der Waals surface area contributed by atoms with E-state index >= 15 is 0 Å². The zero-order valence-electron chi connectivity index (χ0n) is 8.84. The van der Waals surface area contributed by atoms with Crippen LogP contribution in [0.15, 0.2) is 29.0 Å². The van der Waals surface area contributed by atoms with Crippen LogP contribution in [-0.2, 0) is 10.5 Å². The van der Waals surface area contributed by atoms with Crippen molar-refractivity contribution in [3.8, 4) is 0 Å². The van der Waals surface area contributed by atoms with Crippen molar-refractivity contribution in [1.82, 2.24) is 5.32 Å². The average Bonchev–Trinajstić information content (AvgIpc) is 2.85. The van der Waals surface area contributed by atoms with Gasteiger partial charge in [0.25, 0.3) is 0 Å². The molecule has 1 aliphatic rings. The van der Waals surface area contributed by atoms with Gasteiger partial charge in [0.2, 0.25) is 5.72 Å². The van der Waals surface area contributed by atoms with Crippen LogP contribution < -0.4 is 5.32 Å². The highest BCUT2D eigenvalue weighted by molar-refractivity contribution is 7.10. The monoisotopic (exact) mass is 243 g/mol. The van der Waals surface area contributed by atoms with Gasteiger partial charge in [-0.15, -0.1) is 22.9 Å². The molecule has 4 heteroatoms. The van der Waals surface area contributed by atoms with E-state index in [9.17, 15) is 0 Å². The van der Waals surface area contributed by atoms with E-state index in [0.717, 1.165) is 17.9 Å². The van der Waals surface area contributed by atoms with Gasteiger partial charge >= 0.3 is 0 Å². The van der Waals surface area contributed by atoms with Crippen LogP contribution in [0, 0.1) is 0 Å². The molecule has 0 saturated heterocycles. The summed E-state index contributed by atoms with van der Waals surface area (Å²) in [6.45, 7) is 4.06. The van der Waals surface area contributed by atoms with E-state index in [-0.39, 0.29) is 5.72 Å². The summed E-state index contributed by atoms with van der Waals surface area (Å²) in [5.41, 5.74) is 0.606. The molecule has 0 spiro atoms. The predicted octanol–water partition coefficient (Wildman–Crippen LogP) is 3.40. The van der Waals surface area contributed by atoms with E-state index in [1.54, 1.807) is 11.3 Å². The van der Waals surface area contributed by atoms with Crippen LogP contribution >= 0.6 is 22.9 Å². The highest BCUT2D eigenvalue weighted by Gasteiger charge is 2.39. The number of nitrogens with one attached hydrogen (secondary N) is 1. The Kier molecular flexibility index (Phi) is 2.94. The molecule has 0 amide bonds. The quantitative estimate of drug-likeness (QED) is 0.822. The summed E-state index contributed by atoms with van der Waals surface area (Å²) in [4.78, 5) is 1.20. The Balaban J connectivity index is 2.29. The van der Waals surface area contributed by atoms with Gasteiger partial charge in [0.15, 0.2) is 0 Å². The summed E-state index contributed by atoms with van der Waals surface area (Å²) in [5.74, 6) is 1.37. The van der Waals surface area contributed by atoms with Crippen LogP contribution in [0.2, 0.25) is 0 Å². The molecular formula is C11H14ClNOS. The molecule has 0 saturated carbocycles. The molecule has 2 nitrogen and oxygen atoms in total. The first kappa shape index (κ1) is 10.8. The Morgan fingerprint density at radius 3 is 2.87 bits per heavy atom. The molecule has 1 N–H and O–H groups in total. The summed E-state index contributed by atoms with van der Waals surface area (Å²) in [6, 6.07) is 4.13. The van der Waals surface area contributed by atoms with E-state index in [1.807, 2.05) is 13.0 Å². The van der Waals surface area contributed by atoms with Crippen molar-refractivity contribution in [2.24, 2.45) is 0 Å². The lowest BCUT2D eigenvalue weighted by atomic mass is 10.1. The van der Waals surface area contributed by atoms with Crippen molar-refractivity contribution in [2.75, 3.05) is 5.88 Å². The SMILES string of the molecule is CCC1(c2cccs2)NC(CCl)=C(C)O1. The van der Waals surface area contributed by atoms with Crippen LogP contribution in [0.5, 0.6) is 0 Å². The summed E-state index contributed by atoms with van der Waals surface area (Å²) in [6.07, 6.45) is 0.880. The smallest absolute Gasteiger partial charge is 0.215 e. The third-order valence-electron chi connectivity index (χ3n) is 2.66. The molecule has 1 atom stereocenters. The fraction of sp³-hybridized carbons (Fsp3) is 0.455. The number of halogens is 1. The standard InChI is InChI=1S/C11H14ClNOS/c1-3-11(10-5-4-6-15-10)13-9(7-12)8(2)14-11/h4-6,13H,3,7H2,1-2H3. The van der Waals surface area contributed by atoms with Gasteiger partial charge in [-0.05, 0) is 18.4 Å². The number of alkyl halides is 1. The lowest BCUT2D eigenvalue weighted by molar-refractivity contribution is 0.00335. The first-order valence-electron chi connectivity index (χ1n) is 4.98. The van der Waals surface area contributed by atoms with Crippen molar-refractivity contribution < 1.29 is 4.74 Å². The summed E-state index contributed by atoms with van der Waals surface area (Å²) < 4.78 is 5.94. The lowest BCUT2D eigenvalue weighted by Gasteiger charge is -2.28. The maximum Gasteiger partial charge on any atom is 0.215 e. The second kappa shape index (κ2) is 4.06. The Hall–Kier alpha value is -0.670. The van der Waals surface area contributed by atoms with Crippen LogP contribution in [0.1, 0.15) is 25.1 Å². The first-order valence-corrected chi connectivity index (χ1v) is 6.40. The molecular weight excluding hydrogens is 230 g/mol. The molecule has 0 aliphatic carbocycles. The molecule has 1 aromatic rings. The zero-order valence-corrected chi connectivity index (χ0v) is 10.4. The van der Waals surface area contributed by atoms with Gasteiger partial charge in [0, 0.05) is 6.42 Å². The molecule has 0 fully saturated rings. The van der Waals surface area contributed by atoms with Gasteiger partial charge in [0.1, 0.15) is 5.76 Å². The maximum absolute atomic E-state index is 5.94. The Labute approximate surface area is 98.9 Å². The van der Waals surface area contributed by atoms with Gasteiger partial charge < -0.3 is 10.1 Å². The second-order valence-electron chi connectivity index (χ2n) is 3.55. The molecule has 0 aromatic carbocycles. The van der Waals surface area contributed by atoms with Gasteiger partial charge in [-0.25, -0.2) is 0 Å². The van der Waals surface area contributed by atoms with Crippen LogP contribution in [0.4, 0.5) is 0 Å². The zero-order chi connectivity index (χ0) is 10.9. The molecule has 2 heterocycles. The Morgan fingerprint density at radius 2 is 2.40 bits per heavy atom. The minimum Gasteiger partial charge on any atom is -0.466 e. The first-order chi connectivity index (χ1) is 7.22. The van der Waals surface area contributed by atoms with Gasteiger partial charge in [-0.1, -0.05) is 13.0 Å². The molecule has 1 aliphatic heterocycles. The molecule has 0 radical (unpaired) electrons. The van der Waals surface area contributed by atoms with Crippen molar-refractivity contribution in [3.05, 3.63) is 33.8 Å². The fourth-order valence-corrected chi connectivity index (χ4v) is 2.91. The highest BCUT2D eigenvalue weighted by Crippen LogP contribution is 2.38. The largest absolute Gasteiger partial charge is 0.466 e. The summed E-state index contributed by atoms with van der Waals surface area (Å²) in [5, 5.41) is 5.45. The summed E-state index contributed by atoms with van der Waals surface area (Å²) >= 11 is 7.55. The van der Waals surface area contributed by atoms with E-state index in [2.05, 4.69) is 23.7 Å². The van der Waals surface area contributed by atoms with Crippen LogP contribution in [0.25, 0.3) is 0 Å². The van der Waals surface area contributed by atoms with Crippen LogP contribution in [0.3, 0.4) is 0 Å². The third kappa shape index (κ3) is 1.74. The topological polar surface area (TPSA) is 21.3 Å². The molecule has 1 aromatic heterocycles. The van der Waals surface area contributed by atoms with E-state index in [0.29, 0.717) is 5.88 Å². The number of thiophene rings is 1. The van der Waals surface area contributed by atoms with Crippen molar-refractivity contribution >= 4 is 22.9 Å². The Bertz CT molecular complexity index is 374. The molecule has 0 bridgehead atoms. The average molecular weight is 244 g/mol. The number of hydrogen-bond donors (Lipinski definition) is 1. The van der Waals surface area contributed by atoms with Gasteiger partial charge in [-0.2, -0.15) is 0 Å². The molecule has 1 unspecified atom stereocenters. The van der Waals surface area contributed by atoms with Crippen molar-refractivity contribution in [3.63, 3.8) is 0 Å². The van der Waals surface area contributed by atoms with Gasteiger partial charge in [0.05, 0.1) is 16.5 Å². The molecule has 15 heavy (non-hydrogen) atoms. The van der Waals surface area contributed by atoms with E-state index in [1.165, 1.54) is 4.88 Å². The van der Waals surface area contributed by atoms with Crippen molar-refractivity contribution in [2.45, 2.75) is 26.0 Å². The van der Waals surface area contributed by atoms with Crippen LogP contribution in [-0.4, -0.2) is 5.88 Å². The summed E-state index contributed by atoms with van der Waals surface area (Å²) in [7, 11) is 0. The fourth-order valence-electron chi connectivity index (χ4n) is 1.76. The minimum absolute atomic E-state index is 0.386. The number of rotatable bonds is 3. The molecule has 2 rings (SSSR count). The number of allylic oxidation sites excluding steroid dienone is 2. The van der Waals surface area contributed by atoms with Crippen molar-refractivity contribution in [1.29, 1.82) is 0 Å². The molecule has 82 valence electrons. The van der Waals surface area contributed by atoms with E-state index in [4.69, 9.17) is 16.3 Å². The highest BCUT2D eigenvalue weighted by atomic mass is 35.5. The number of ether oxygens (including phenoxy) is 1. The van der Waals surface area contributed by atoms with E-state index < -0.39 is 0 Å². The predicted molar refractivity (Wildman–Crippen MR) is 63.9 cm³/mol. The Morgan fingerprint density at radius 1 is 1.60 bits per heavy atom. The minimum atomic E-state index is -0.386. The number of hydrogen-bond acceptors (Lipinski definition) is 3. The second-order valence-corrected chi connectivity index (χ2v) is 4.77. The normalized spacial score (nSPS) is 25.3.